The number of carbonyl (C=O) groups excluding carboxylic acids is 1. The van der Waals surface area contributed by atoms with Gasteiger partial charge in [0.05, 0.1) is 25.7 Å². The van der Waals surface area contributed by atoms with Gasteiger partial charge in [0.15, 0.2) is 11.5 Å². The highest BCUT2D eigenvalue weighted by molar-refractivity contribution is 8.00. The SMILES string of the molecule is C#CCSCC(=O)Nc1ccc(OC)c(OC)c1. The van der Waals surface area contributed by atoms with Crippen LogP contribution >= 0.6 is 11.8 Å². The van der Waals surface area contributed by atoms with E-state index in [4.69, 9.17) is 15.9 Å². The van der Waals surface area contributed by atoms with E-state index in [0.29, 0.717) is 28.7 Å². The van der Waals surface area contributed by atoms with Crippen LogP contribution in [0.3, 0.4) is 0 Å². The van der Waals surface area contributed by atoms with Gasteiger partial charge in [-0.25, -0.2) is 0 Å². The Morgan fingerprint density at radius 1 is 1.39 bits per heavy atom. The molecule has 1 N–H and O–H groups in total. The maximum atomic E-state index is 11.6. The minimum Gasteiger partial charge on any atom is -0.493 e. The van der Waals surface area contributed by atoms with Crippen LogP contribution in [0.2, 0.25) is 0 Å². The summed E-state index contributed by atoms with van der Waals surface area (Å²) in [4.78, 5) is 11.6. The number of rotatable bonds is 6. The summed E-state index contributed by atoms with van der Waals surface area (Å²) < 4.78 is 10.3. The van der Waals surface area contributed by atoms with E-state index in [1.807, 2.05) is 0 Å². The van der Waals surface area contributed by atoms with Crippen molar-refractivity contribution >= 4 is 23.4 Å². The number of nitrogens with one attached hydrogen (secondary N) is 1. The lowest BCUT2D eigenvalue weighted by atomic mass is 10.2. The third kappa shape index (κ3) is 4.22. The van der Waals surface area contributed by atoms with Crippen LogP contribution in [0.1, 0.15) is 0 Å². The number of terminal acetylenes is 1. The van der Waals surface area contributed by atoms with E-state index in [1.165, 1.54) is 11.8 Å². The van der Waals surface area contributed by atoms with Crippen molar-refractivity contribution in [2.75, 3.05) is 31.0 Å². The van der Waals surface area contributed by atoms with Crippen LogP contribution in [0.5, 0.6) is 11.5 Å². The number of ether oxygens (including phenoxy) is 2. The number of hydrogen-bond acceptors (Lipinski definition) is 4. The molecule has 0 aliphatic rings. The fraction of sp³-hybridized carbons (Fsp3) is 0.308. The Labute approximate surface area is 111 Å². The van der Waals surface area contributed by atoms with Crippen LogP contribution < -0.4 is 14.8 Å². The first-order valence-corrected chi connectivity index (χ1v) is 6.39. The first kappa shape index (κ1) is 14.3. The summed E-state index contributed by atoms with van der Waals surface area (Å²) in [7, 11) is 3.11. The summed E-state index contributed by atoms with van der Waals surface area (Å²) >= 11 is 1.39. The molecule has 0 fully saturated rings. The first-order chi connectivity index (χ1) is 8.71. The molecule has 96 valence electrons. The van der Waals surface area contributed by atoms with Gasteiger partial charge >= 0.3 is 0 Å². The highest BCUT2D eigenvalue weighted by atomic mass is 32.2. The van der Waals surface area contributed by atoms with Gasteiger partial charge in [0, 0.05) is 11.8 Å². The average Bonchev–Trinajstić information content (AvgIpc) is 2.39. The van der Waals surface area contributed by atoms with Gasteiger partial charge in [-0.3, -0.25) is 4.79 Å². The van der Waals surface area contributed by atoms with Crippen molar-refractivity contribution in [1.29, 1.82) is 0 Å². The number of carbonyl (C=O) groups is 1. The molecule has 0 radical (unpaired) electrons. The maximum Gasteiger partial charge on any atom is 0.234 e. The van der Waals surface area contributed by atoms with E-state index in [9.17, 15) is 4.79 Å². The molecule has 0 unspecified atom stereocenters. The number of amides is 1. The topological polar surface area (TPSA) is 47.6 Å². The molecule has 0 aliphatic carbocycles. The van der Waals surface area contributed by atoms with Crippen LogP contribution in [-0.4, -0.2) is 31.6 Å². The van der Waals surface area contributed by atoms with Crippen LogP contribution in [0.4, 0.5) is 5.69 Å². The second-order valence-electron chi connectivity index (χ2n) is 3.31. The van der Waals surface area contributed by atoms with E-state index in [1.54, 1.807) is 32.4 Å². The minimum absolute atomic E-state index is 0.0949. The summed E-state index contributed by atoms with van der Waals surface area (Å²) in [6.07, 6.45) is 5.10. The Hall–Kier alpha value is -1.80. The predicted molar refractivity (Wildman–Crippen MR) is 74.3 cm³/mol. The van der Waals surface area contributed by atoms with Crippen molar-refractivity contribution < 1.29 is 14.3 Å². The second kappa shape index (κ2) is 7.51. The summed E-state index contributed by atoms with van der Waals surface area (Å²) in [5, 5.41) is 2.76. The molecule has 18 heavy (non-hydrogen) atoms. The van der Waals surface area contributed by atoms with Crippen LogP contribution in [0.15, 0.2) is 18.2 Å². The first-order valence-electron chi connectivity index (χ1n) is 5.24. The summed E-state index contributed by atoms with van der Waals surface area (Å²) in [6.45, 7) is 0. The molecule has 4 nitrogen and oxygen atoms in total. The number of anilines is 1. The van der Waals surface area contributed by atoms with Crippen molar-refractivity contribution in [2.45, 2.75) is 0 Å². The number of hydrogen-bond donors (Lipinski definition) is 1. The van der Waals surface area contributed by atoms with Crippen molar-refractivity contribution in [3.63, 3.8) is 0 Å². The molecular weight excluding hydrogens is 250 g/mol. The van der Waals surface area contributed by atoms with Gasteiger partial charge in [-0.2, -0.15) is 0 Å². The minimum atomic E-state index is -0.0949. The average molecular weight is 265 g/mol. The summed E-state index contributed by atoms with van der Waals surface area (Å²) in [6, 6.07) is 5.21. The van der Waals surface area contributed by atoms with Crippen LogP contribution in [0.25, 0.3) is 0 Å². The fourth-order valence-electron chi connectivity index (χ4n) is 1.31. The third-order valence-electron chi connectivity index (χ3n) is 2.09. The van der Waals surface area contributed by atoms with Gasteiger partial charge in [0.2, 0.25) is 5.91 Å². The van der Waals surface area contributed by atoms with E-state index >= 15 is 0 Å². The fourth-order valence-corrected chi connectivity index (χ4v) is 1.79. The van der Waals surface area contributed by atoms with Gasteiger partial charge in [-0.1, -0.05) is 5.92 Å². The third-order valence-corrected chi connectivity index (χ3v) is 2.92. The molecule has 0 saturated carbocycles. The van der Waals surface area contributed by atoms with Gasteiger partial charge in [0.25, 0.3) is 0 Å². The Balaban J connectivity index is 2.62. The number of thioether (sulfide) groups is 1. The summed E-state index contributed by atoms with van der Waals surface area (Å²) in [5.74, 6) is 4.43. The highest BCUT2D eigenvalue weighted by Gasteiger charge is 2.07. The largest absolute Gasteiger partial charge is 0.493 e. The molecule has 0 spiro atoms. The van der Waals surface area contributed by atoms with Gasteiger partial charge < -0.3 is 14.8 Å². The molecule has 1 amide bonds. The number of methoxy groups -OCH3 is 2. The van der Waals surface area contributed by atoms with Gasteiger partial charge in [0.1, 0.15) is 0 Å². The lowest BCUT2D eigenvalue weighted by molar-refractivity contribution is -0.113. The molecule has 0 atom stereocenters. The quantitative estimate of drug-likeness (QED) is 0.631. The second-order valence-corrected chi connectivity index (χ2v) is 4.30. The van der Waals surface area contributed by atoms with E-state index in [0.717, 1.165) is 0 Å². The standard InChI is InChI=1S/C13H15NO3S/c1-4-7-18-9-13(15)14-10-5-6-11(16-2)12(8-10)17-3/h1,5-6,8H,7,9H2,2-3H3,(H,14,15). The smallest absolute Gasteiger partial charge is 0.234 e. The Morgan fingerprint density at radius 2 is 2.11 bits per heavy atom. The zero-order valence-corrected chi connectivity index (χ0v) is 11.2. The van der Waals surface area contributed by atoms with Gasteiger partial charge in [-0.05, 0) is 12.1 Å². The zero-order chi connectivity index (χ0) is 13.4. The molecule has 0 bridgehead atoms. The molecule has 0 aliphatic heterocycles. The zero-order valence-electron chi connectivity index (χ0n) is 10.4. The van der Waals surface area contributed by atoms with Crippen molar-refractivity contribution in [2.24, 2.45) is 0 Å². The molecule has 0 heterocycles. The molecule has 1 aromatic carbocycles. The van der Waals surface area contributed by atoms with Crippen molar-refractivity contribution in [3.05, 3.63) is 18.2 Å². The van der Waals surface area contributed by atoms with E-state index in [2.05, 4.69) is 11.2 Å². The molecule has 0 saturated heterocycles. The monoisotopic (exact) mass is 265 g/mol. The van der Waals surface area contributed by atoms with E-state index < -0.39 is 0 Å². The predicted octanol–water partition coefficient (Wildman–Crippen LogP) is 2.01. The van der Waals surface area contributed by atoms with Crippen LogP contribution in [-0.2, 0) is 4.79 Å². The molecular formula is C13H15NO3S. The molecule has 5 heteroatoms. The number of benzene rings is 1. The Morgan fingerprint density at radius 3 is 2.72 bits per heavy atom. The van der Waals surface area contributed by atoms with Gasteiger partial charge in [-0.15, -0.1) is 18.2 Å². The lowest BCUT2D eigenvalue weighted by Gasteiger charge is -2.10. The Kier molecular flexibility index (Phi) is 5.95. The van der Waals surface area contributed by atoms with Crippen molar-refractivity contribution in [3.8, 4) is 23.8 Å². The lowest BCUT2D eigenvalue weighted by Crippen LogP contribution is -2.14. The highest BCUT2D eigenvalue weighted by Crippen LogP contribution is 2.29. The maximum absolute atomic E-state index is 11.6. The normalized spacial score (nSPS) is 9.39. The molecule has 1 rings (SSSR count). The molecule has 0 aromatic heterocycles. The van der Waals surface area contributed by atoms with Crippen LogP contribution in [0, 0.1) is 12.3 Å². The Bertz CT molecular complexity index is 454. The molecule has 1 aromatic rings. The summed E-state index contributed by atoms with van der Waals surface area (Å²) in [5.41, 5.74) is 0.666. The van der Waals surface area contributed by atoms with E-state index in [-0.39, 0.29) is 5.91 Å². The van der Waals surface area contributed by atoms with Crippen molar-refractivity contribution in [1.82, 2.24) is 0 Å².